The second-order valence-corrected chi connectivity index (χ2v) is 4.38. The topological polar surface area (TPSA) is 42.0 Å². The van der Waals surface area contributed by atoms with Gasteiger partial charge in [-0.2, -0.15) is 0 Å². The van der Waals surface area contributed by atoms with Crippen molar-refractivity contribution in [2.45, 2.75) is 13.5 Å². The SMILES string of the molecule is Cc1cncc(-c2ccc(F)c3c2CNC3=O)c1. The lowest BCUT2D eigenvalue weighted by molar-refractivity contribution is 0.0962. The molecule has 1 aromatic heterocycles. The Bertz CT molecular complexity index is 652. The van der Waals surface area contributed by atoms with E-state index in [1.54, 1.807) is 18.5 Å². The molecule has 0 radical (unpaired) electrons. The van der Waals surface area contributed by atoms with Crippen molar-refractivity contribution in [2.75, 3.05) is 0 Å². The first-order valence-corrected chi connectivity index (χ1v) is 5.68. The van der Waals surface area contributed by atoms with Gasteiger partial charge in [-0.15, -0.1) is 0 Å². The molecule has 3 nitrogen and oxygen atoms in total. The number of carbonyl (C=O) groups excluding carboxylic acids is 1. The van der Waals surface area contributed by atoms with Crippen molar-refractivity contribution in [2.24, 2.45) is 0 Å². The molecule has 2 heterocycles. The van der Waals surface area contributed by atoms with Crippen LogP contribution in [0.3, 0.4) is 0 Å². The van der Waals surface area contributed by atoms with Crippen molar-refractivity contribution in [3.63, 3.8) is 0 Å². The molecule has 1 aliphatic rings. The van der Waals surface area contributed by atoms with Crippen molar-refractivity contribution >= 4 is 5.91 Å². The lowest BCUT2D eigenvalue weighted by Crippen LogP contribution is -2.13. The van der Waals surface area contributed by atoms with E-state index in [1.807, 2.05) is 13.0 Å². The van der Waals surface area contributed by atoms with Gasteiger partial charge in [0.2, 0.25) is 0 Å². The number of hydrogen-bond acceptors (Lipinski definition) is 2. The third kappa shape index (κ3) is 1.57. The molecule has 0 saturated carbocycles. The first kappa shape index (κ1) is 10.9. The molecule has 1 N–H and O–H groups in total. The predicted molar refractivity (Wildman–Crippen MR) is 65.5 cm³/mol. The highest BCUT2D eigenvalue weighted by Crippen LogP contribution is 2.30. The molecular weight excluding hydrogens is 231 g/mol. The van der Waals surface area contributed by atoms with E-state index in [0.717, 1.165) is 16.7 Å². The van der Waals surface area contributed by atoms with E-state index < -0.39 is 5.82 Å². The Morgan fingerprint density at radius 2 is 2.17 bits per heavy atom. The predicted octanol–water partition coefficient (Wildman–Crippen LogP) is 2.44. The maximum Gasteiger partial charge on any atom is 0.254 e. The highest BCUT2D eigenvalue weighted by atomic mass is 19.1. The summed E-state index contributed by atoms with van der Waals surface area (Å²) in [4.78, 5) is 15.7. The van der Waals surface area contributed by atoms with Crippen LogP contribution < -0.4 is 5.32 Å². The van der Waals surface area contributed by atoms with Crippen LogP contribution in [0.5, 0.6) is 0 Å². The number of pyridine rings is 1. The number of benzene rings is 1. The van der Waals surface area contributed by atoms with Gasteiger partial charge < -0.3 is 5.32 Å². The van der Waals surface area contributed by atoms with Crippen LogP contribution in [-0.2, 0) is 6.54 Å². The van der Waals surface area contributed by atoms with E-state index in [0.29, 0.717) is 12.1 Å². The van der Waals surface area contributed by atoms with Gasteiger partial charge in [0.15, 0.2) is 0 Å². The van der Waals surface area contributed by atoms with Crippen molar-refractivity contribution in [1.82, 2.24) is 10.3 Å². The number of nitrogens with one attached hydrogen (secondary N) is 1. The van der Waals surface area contributed by atoms with Crippen molar-refractivity contribution in [1.29, 1.82) is 0 Å². The lowest BCUT2D eigenvalue weighted by Gasteiger charge is -2.08. The first-order chi connectivity index (χ1) is 8.66. The molecule has 0 spiro atoms. The molecule has 3 rings (SSSR count). The fraction of sp³-hybridized carbons (Fsp3) is 0.143. The smallest absolute Gasteiger partial charge is 0.254 e. The van der Waals surface area contributed by atoms with Crippen LogP contribution in [0, 0.1) is 12.7 Å². The molecule has 1 aromatic carbocycles. The van der Waals surface area contributed by atoms with E-state index in [4.69, 9.17) is 0 Å². The summed E-state index contributed by atoms with van der Waals surface area (Å²) in [5, 5.41) is 2.65. The average molecular weight is 242 g/mol. The zero-order valence-electron chi connectivity index (χ0n) is 9.83. The highest BCUT2D eigenvalue weighted by Gasteiger charge is 2.26. The Morgan fingerprint density at radius 1 is 1.33 bits per heavy atom. The molecule has 1 amide bonds. The summed E-state index contributed by atoms with van der Waals surface area (Å²) in [7, 11) is 0. The molecular formula is C14H11FN2O. The average Bonchev–Trinajstić information content (AvgIpc) is 2.73. The minimum Gasteiger partial charge on any atom is -0.348 e. The fourth-order valence-electron chi connectivity index (χ4n) is 2.28. The molecule has 90 valence electrons. The molecule has 2 aromatic rings. The number of carbonyl (C=O) groups is 1. The number of nitrogens with zero attached hydrogens (tertiary/aromatic N) is 1. The van der Waals surface area contributed by atoms with Gasteiger partial charge in [-0.1, -0.05) is 6.07 Å². The van der Waals surface area contributed by atoms with E-state index in [1.165, 1.54) is 6.07 Å². The Kier molecular flexibility index (Phi) is 2.37. The van der Waals surface area contributed by atoms with Gasteiger partial charge in [0.05, 0.1) is 5.56 Å². The van der Waals surface area contributed by atoms with Crippen molar-refractivity contribution < 1.29 is 9.18 Å². The second kappa shape index (κ2) is 3.91. The molecule has 0 bridgehead atoms. The van der Waals surface area contributed by atoms with E-state index in [2.05, 4.69) is 10.3 Å². The Hall–Kier alpha value is -2.23. The molecule has 0 fully saturated rings. The zero-order valence-corrected chi connectivity index (χ0v) is 9.83. The molecule has 18 heavy (non-hydrogen) atoms. The van der Waals surface area contributed by atoms with Crippen LogP contribution in [0.4, 0.5) is 4.39 Å². The maximum absolute atomic E-state index is 13.6. The van der Waals surface area contributed by atoms with Gasteiger partial charge >= 0.3 is 0 Å². The summed E-state index contributed by atoms with van der Waals surface area (Å²) in [5.41, 5.74) is 3.67. The maximum atomic E-state index is 13.6. The van der Waals surface area contributed by atoms with Gasteiger partial charge in [0.1, 0.15) is 5.82 Å². The summed E-state index contributed by atoms with van der Waals surface area (Å²) in [5.74, 6) is -0.811. The minimum absolute atomic E-state index is 0.161. The molecule has 0 saturated heterocycles. The minimum atomic E-state index is -0.468. The zero-order chi connectivity index (χ0) is 12.7. The summed E-state index contributed by atoms with van der Waals surface area (Å²) in [6, 6.07) is 5.01. The summed E-state index contributed by atoms with van der Waals surface area (Å²) in [6.07, 6.45) is 3.49. The van der Waals surface area contributed by atoms with Crippen LogP contribution in [0.1, 0.15) is 21.5 Å². The summed E-state index contributed by atoms with van der Waals surface area (Å²) in [6.45, 7) is 2.32. The van der Waals surface area contributed by atoms with Gasteiger partial charge in [0.25, 0.3) is 5.91 Å². The molecule has 4 heteroatoms. The summed E-state index contributed by atoms with van der Waals surface area (Å²) >= 11 is 0. The van der Waals surface area contributed by atoms with E-state index in [-0.39, 0.29) is 11.5 Å². The van der Waals surface area contributed by atoms with Gasteiger partial charge in [-0.3, -0.25) is 9.78 Å². The van der Waals surface area contributed by atoms with Gasteiger partial charge in [-0.05, 0) is 35.7 Å². The quantitative estimate of drug-likeness (QED) is 0.834. The number of amides is 1. The highest BCUT2D eigenvalue weighted by molar-refractivity contribution is 6.00. The fourth-order valence-corrected chi connectivity index (χ4v) is 2.28. The molecule has 1 aliphatic heterocycles. The normalized spacial score (nSPS) is 13.3. The Balaban J connectivity index is 2.23. The van der Waals surface area contributed by atoms with E-state index in [9.17, 15) is 9.18 Å². The van der Waals surface area contributed by atoms with Crippen LogP contribution in [-0.4, -0.2) is 10.9 Å². The third-order valence-electron chi connectivity index (χ3n) is 3.10. The van der Waals surface area contributed by atoms with Gasteiger partial charge in [0, 0.05) is 24.5 Å². The molecule has 0 aliphatic carbocycles. The monoisotopic (exact) mass is 242 g/mol. The number of rotatable bonds is 1. The first-order valence-electron chi connectivity index (χ1n) is 5.68. The third-order valence-corrected chi connectivity index (χ3v) is 3.10. The number of halogens is 1. The van der Waals surface area contributed by atoms with Gasteiger partial charge in [-0.25, -0.2) is 4.39 Å². The van der Waals surface area contributed by atoms with Crippen molar-refractivity contribution in [3.8, 4) is 11.1 Å². The number of aromatic nitrogens is 1. The van der Waals surface area contributed by atoms with Crippen LogP contribution in [0.25, 0.3) is 11.1 Å². The number of hydrogen-bond donors (Lipinski definition) is 1. The summed E-state index contributed by atoms with van der Waals surface area (Å²) < 4.78 is 13.6. The molecule has 0 unspecified atom stereocenters. The largest absolute Gasteiger partial charge is 0.348 e. The second-order valence-electron chi connectivity index (χ2n) is 4.38. The molecule has 0 atom stereocenters. The standard InChI is InChI=1S/C14H11FN2O/c1-8-4-9(6-16-5-8)10-2-3-12(15)13-11(10)7-17-14(13)18/h2-6H,7H2,1H3,(H,17,18). The van der Waals surface area contributed by atoms with Crippen LogP contribution >= 0.6 is 0 Å². The Labute approximate surface area is 104 Å². The lowest BCUT2D eigenvalue weighted by atomic mass is 9.97. The van der Waals surface area contributed by atoms with Crippen LogP contribution in [0.15, 0.2) is 30.6 Å². The number of fused-ring (bicyclic) bond motifs is 1. The van der Waals surface area contributed by atoms with E-state index >= 15 is 0 Å². The number of aryl methyl sites for hydroxylation is 1. The Morgan fingerprint density at radius 3 is 2.94 bits per heavy atom. The van der Waals surface area contributed by atoms with Crippen molar-refractivity contribution in [3.05, 3.63) is 53.1 Å². The van der Waals surface area contributed by atoms with Crippen LogP contribution in [0.2, 0.25) is 0 Å².